The summed E-state index contributed by atoms with van der Waals surface area (Å²) in [6.45, 7) is 8.34. The van der Waals surface area contributed by atoms with Crippen molar-refractivity contribution in [2.24, 2.45) is 5.10 Å². The zero-order valence-corrected chi connectivity index (χ0v) is 24.0. The van der Waals surface area contributed by atoms with Crippen LogP contribution in [0, 0.1) is 13.8 Å². The molecular formula is C29H29BrClN3O4. The van der Waals surface area contributed by atoms with Gasteiger partial charge in [-0.05, 0) is 104 Å². The maximum absolute atomic E-state index is 12.5. The molecule has 2 aromatic heterocycles. The topological polar surface area (TPSA) is 78.0 Å². The molecule has 198 valence electrons. The van der Waals surface area contributed by atoms with Gasteiger partial charge in [0.05, 0.1) is 16.8 Å². The monoisotopic (exact) mass is 597 g/mol. The predicted molar refractivity (Wildman–Crippen MR) is 153 cm³/mol. The molecule has 0 aliphatic rings. The Bertz CT molecular complexity index is 1420. The van der Waals surface area contributed by atoms with E-state index in [0.717, 1.165) is 12.1 Å². The molecule has 0 saturated heterocycles. The van der Waals surface area contributed by atoms with Gasteiger partial charge in [0.15, 0.2) is 5.76 Å². The lowest BCUT2D eigenvalue weighted by atomic mass is 10.2. The fourth-order valence-corrected chi connectivity index (χ4v) is 4.73. The summed E-state index contributed by atoms with van der Waals surface area (Å²) in [7, 11) is 0. The largest absolute Gasteiger partial charge is 0.489 e. The van der Waals surface area contributed by atoms with Crippen LogP contribution in [0.15, 0.2) is 74.7 Å². The summed E-state index contributed by atoms with van der Waals surface area (Å²) >= 11 is 9.67. The normalized spacial score (nSPS) is 12.1. The van der Waals surface area contributed by atoms with Gasteiger partial charge in [0.2, 0.25) is 0 Å². The van der Waals surface area contributed by atoms with Gasteiger partial charge in [-0.3, -0.25) is 4.79 Å². The highest BCUT2D eigenvalue weighted by Gasteiger charge is 2.14. The van der Waals surface area contributed by atoms with Crippen LogP contribution in [0.4, 0.5) is 0 Å². The highest BCUT2D eigenvalue weighted by Crippen LogP contribution is 2.33. The summed E-state index contributed by atoms with van der Waals surface area (Å²) in [5.41, 5.74) is 6.51. The molecule has 0 saturated carbocycles. The number of nitrogens with zero attached hydrogens (tertiary/aromatic N) is 2. The van der Waals surface area contributed by atoms with Crippen LogP contribution in [0.2, 0.25) is 5.02 Å². The second-order valence-corrected chi connectivity index (χ2v) is 10.1. The van der Waals surface area contributed by atoms with Crippen molar-refractivity contribution in [2.45, 2.75) is 46.8 Å². The van der Waals surface area contributed by atoms with Crippen molar-refractivity contribution in [3.63, 3.8) is 0 Å². The Labute approximate surface area is 235 Å². The Morgan fingerprint density at radius 2 is 1.84 bits per heavy atom. The summed E-state index contributed by atoms with van der Waals surface area (Å²) < 4.78 is 20.3. The molecule has 1 amide bonds. The molecule has 0 unspecified atom stereocenters. The van der Waals surface area contributed by atoms with Crippen molar-refractivity contribution in [2.75, 3.05) is 0 Å². The number of rotatable bonds is 10. The van der Waals surface area contributed by atoms with E-state index in [1.54, 1.807) is 24.3 Å². The maximum Gasteiger partial charge on any atom is 0.307 e. The Morgan fingerprint density at radius 3 is 2.53 bits per heavy atom. The lowest BCUT2D eigenvalue weighted by Gasteiger charge is -2.16. The smallest absolute Gasteiger partial charge is 0.307 e. The second-order valence-electron chi connectivity index (χ2n) is 8.84. The number of hydrazone groups is 1. The van der Waals surface area contributed by atoms with Gasteiger partial charge >= 0.3 is 5.91 Å². The van der Waals surface area contributed by atoms with Gasteiger partial charge in [-0.15, -0.1) is 0 Å². The van der Waals surface area contributed by atoms with E-state index < -0.39 is 5.91 Å². The van der Waals surface area contributed by atoms with Crippen LogP contribution >= 0.6 is 27.5 Å². The van der Waals surface area contributed by atoms with Crippen molar-refractivity contribution in [1.29, 1.82) is 0 Å². The van der Waals surface area contributed by atoms with Gasteiger partial charge in [-0.1, -0.05) is 18.5 Å². The first-order valence-electron chi connectivity index (χ1n) is 12.2. The molecule has 7 nitrogen and oxygen atoms in total. The molecule has 0 spiro atoms. The number of carbonyl (C=O) groups excluding carboxylic acids is 1. The molecule has 9 heteroatoms. The average molecular weight is 599 g/mol. The van der Waals surface area contributed by atoms with Crippen LogP contribution in [0.5, 0.6) is 11.5 Å². The van der Waals surface area contributed by atoms with Crippen LogP contribution < -0.4 is 14.9 Å². The molecule has 4 rings (SSSR count). The molecule has 0 bridgehead atoms. The van der Waals surface area contributed by atoms with Crippen molar-refractivity contribution < 1.29 is 18.7 Å². The number of amides is 1. The molecule has 1 atom stereocenters. The molecule has 2 heterocycles. The molecule has 0 aliphatic carbocycles. The van der Waals surface area contributed by atoms with Crippen LogP contribution in [-0.2, 0) is 6.61 Å². The van der Waals surface area contributed by atoms with Gasteiger partial charge in [0.25, 0.3) is 0 Å². The van der Waals surface area contributed by atoms with E-state index in [-0.39, 0.29) is 18.5 Å². The van der Waals surface area contributed by atoms with E-state index >= 15 is 0 Å². The zero-order chi connectivity index (χ0) is 27.2. The fraction of sp³-hybridized carbons (Fsp3) is 0.241. The molecular weight excluding hydrogens is 570 g/mol. The summed E-state index contributed by atoms with van der Waals surface area (Å²) in [5, 5.41) is 4.58. The van der Waals surface area contributed by atoms with E-state index in [1.807, 2.05) is 38.1 Å². The summed E-state index contributed by atoms with van der Waals surface area (Å²) in [5.74, 6) is 1.46. The highest BCUT2D eigenvalue weighted by molar-refractivity contribution is 9.10. The molecule has 4 aromatic rings. The Kier molecular flexibility index (Phi) is 8.97. The minimum Gasteiger partial charge on any atom is -0.489 e. The Hall–Kier alpha value is -3.49. The molecule has 38 heavy (non-hydrogen) atoms. The molecule has 0 fully saturated rings. The van der Waals surface area contributed by atoms with Gasteiger partial charge < -0.3 is 18.5 Å². The third-order valence-corrected chi connectivity index (χ3v) is 6.74. The number of furan rings is 1. The van der Waals surface area contributed by atoms with Gasteiger partial charge in [-0.25, -0.2) is 5.43 Å². The molecule has 0 aliphatic heterocycles. The number of nitrogens with one attached hydrogen (secondary N) is 1. The van der Waals surface area contributed by atoms with Crippen molar-refractivity contribution in [3.05, 3.63) is 98.6 Å². The number of benzene rings is 2. The second kappa shape index (κ2) is 12.4. The molecule has 0 radical (unpaired) electrons. The van der Waals surface area contributed by atoms with Crippen molar-refractivity contribution in [3.8, 4) is 17.2 Å². The van der Waals surface area contributed by atoms with Gasteiger partial charge in [0.1, 0.15) is 23.9 Å². The number of aryl methyl sites for hydroxylation is 2. The first kappa shape index (κ1) is 27.5. The number of aromatic nitrogens is 1. The summed E-state index contributed by atoms with van der Waals surface area (Å²) in [4.78, 5) is 12.5. The first-order chi connectivity index (χ1) is 18.2. The van der Waals surface area contributed by atoms with Crippen molar-refractivity contribution >= 4 is 39.7 Å². The standard InChI is InChI=1S/C29H29BrClN3O4/c1-5-20(4)37-28-21(14-22(31)15-26(28)30)16-32-33-29(35)27-13-12-25(38-27)17-36-24-10-8-23(9-11-24)34-18(2)6-7-19(34)3/h6-16,20H,5,17H2,1-4H3,(H,33,35)/b32-16+/t20-/m1/s1. The van der Waals surface area contributed by atoms with Crippen LogP contribution in [0.3, 0.4) is 0 Å². The summed E-state index contributed by atoms with van der Waals surface area (Å²) in [6, 6.07) is 18.8. The highest BCUT2D eigenvalue weighted by atomic mass is 79.9. The first-order valence-corrected chi connectivity index (χ1v) is 13.4. The minimum absolute atomic E-state index is 0.00342. The number of hydrogen-bond acceptors (Lipinski definition) is 5. The van der Waals surface area contributed by atoms with E-state index in [9.17, 15) is 4.79 Å². The number of ether oxygens (including phenoxy) is 2. The Balaban J connectivity index is 1.35. The van der Waals surface area contributed by atoms with Crippen LogP contribution in [0.1, 0.15) is 53.5 Å². The Morgan fingerprint density at radius 1 is 1.13 bits per heavy atom. The fourth-order valence-electron chi connectivity index (χ4n) is 3.80. The zero-order valence-electron chi connectivity index (χ0n) is 21.6. The molecule has 1 N–H and O–H groups in total. The molecule has 2 aromatic carbocycles. The number of hydrogen-bond donors (Lipinski definition) is 1. The predicted octanol–water partition coefficient (Wildman–Crippen LogP) is 7.62. The van der Waals surface area contributed by atoms with E-state index in [0.29, 0.717) is 32.3 Å². The number of halogens is 2. The average Bonchev–Trinajstić information content (AvgIpc) is 3.51. The third kappa shape index (κ3) is 6.68. The van der Waals surface area contributed by atoms with E-state index in [1.165, 1.54) is 17.6 Å². The lowest BCUT2D eigenvalue weighted by molar-refractivity contribution is 0.0923. The number of carbonyl (C=O) groups is 1. The third-order valence-electron chi connectivity index (χ3n) is 5.93. The van der Waals surface area contributed by atoms with E-state index in [4.69, 9.17) is 25.5 Å². The quantitative estimate of drug-likeness (QED) is 0.150. The summed E-state index contributed by atoms with van der Waals surface area (Å²) in [6.07, 6.45) is 2.33. The lowest BCUT2D eigenvalue weighted by Crippen LogP contribution is -2.17. The van der Waals surface area contributed by atoms with Crippen LogP contribution in [0.25, 0.3) is 5.69 Å². The van der Waals surface area contributed by atoms with Gasteiger partial charge in [0, 0.05) is 27.7 Å². The van der Waals surface area contributed by atoms with Crippen molar-refractivity contribution in [1.82, 2.24) is 9.99 Å². The SMILES string of the molecule is CC[C@@H](C)Oc1c(Br)cc(Cl)cc1/C=N/NC(=O)c1ccc(COc2ccc(-n3c(C)ccc3C)cc2)o1. The van der Waals surface area contributed by atoms with Gasteiger partial charge in [-0.2, -0.15) is 5.10 Å². The van der Waals surface area contributed by atoms with Crippen LogP contribution in [-0.4, -0.2) is 22.8 Å². The minimum atomic E-state index is -0.486. The van der Waals surface area contributed by atoms with E-state index in [2.05, 4.69) is 57.0 Å². The maximum atomic E-state index is 12.5.